The Kier molecular flexibility index (Phi) is 4.89. The number of fused-ring (bicyclic) bond motifs is 1. The number of H-pyrrole nitrogens is 1. The molecule has 0 atom stereocenters. The monoisotopic (exact) mass is 359 g/mol. The molecule has 1 amide bonds. The maximum Gasteiger partial charge on any atom is 0.326 e. The number of amides is 1. The predicted molar refractivity (Wildman–Crippen MR) is 98.4 cm³/mol. The van der Waals surface area contributed by atoms with Crippen molar-refractivity contribution >= 4 is 22.9 Å². The lowest BCUT2D eigenvalue weighted by Gasteiger charge is -2.18. The summed E-state index contributed by atoms with van der Waals surface area (Å²) in [5.41, 5.74) is 0.907. The van der Waals surface area contributed by atoms with E-state index in [0.717, 1.165) is 31.2 Å². The number of carbonyl (C=O) groups excluding carboxylic acids is 1. The van der Waals surface area contributed by atoms with Gasteiger partial charge in [0.1, 0.15) is 0 Å². The molecule has 3 N–H and O–H groups in total. The highest BCUT2D eigenvalue weighted by molar-refractivity contribution is 5.97. The van der Waals surface area contributed by atoms with Crippen LogP contribution in [0, 0.1) is 5.41 Å². The van der Waals surface area contributed by atoms with Crippen molar-refractivity contribution in [1.29, 1.82) is 0 Å². The second-order valence-corrected chi connectivity index (χ2v) is 7.67. The van der Waals surface area contributed by atoms with Gasteiger partial charge in [-0.3, -0.25) is 14.2 Å². The van der Waals surface area contributed by atoms with Gasteiger partial charge in [0, 0.05) is 18.2 Å². The van der Waals surface area contributed by atoms with Crippen LogP contribution >= 0.6 is 0 Å². The van der Waals surface area contributed by atoms with Gasteiger partial charge in [-0.15, -0.1) is 0 Å². The van der Waals surface area contributed by atoms with Gasteiger partial charge in [-0.05, 0) is 51.3 Å². The number of rotatable bonds is 6. The van der Waals surface area contributed by atoms with E-state index in [1.54, 1.807) is 30.5 Å². The Morgan fingerprint density at radius 2 is 2.00 bits per heavy atom. The van der Waals surface area contributed by atoms with Gasteiger partial charge >= 0.3 is 11.7 Å². The van der Waals surface area contributed by atoms with Gasteiger partial charge in [0.2, 0.25) is 0 Å². The molecule has 0 bridgehead atoms. The van der Waals surface area contributed by atoms with Crippen LogP contribution in [-0.2, 0) is 4.79 Å². The molecule has 0 radical (unpaired) electrons. The molecule has 0 spiro atoms. The minimum Gasteiger partial charge on any atom is -0.481 e. The quantitative estimate of drug-likeness (QED) is 0.737. The summed E-state index contributed by atoms with van der Waals surface area (Å²) < 4.78 is 1.80. The van der Waals surface area contributed by atoms with E-state index in [-0.39, 0.29) is 24.2 Å². The minimum atomic E-state index is -0.890. The van der Waals surface area contributed by atoms with Crippen LogP contribution in [-0.4, -0.2) is 33.1 Å². The van der Waals surface area contributed by atoms with Crippen molar-refractivity contribution in [3.63, 3.8) is 0 Å². The molecule has 1 aliphatic rings. The van der Waals surface area contributed by atoms with Crippen LogP contribution in [0.15, 0.2) is 23.0 Å². The van der Waals surface area contributed by atoms with Crippen LogP contribution < -0.4 is 11.0 Å². The number of benzene rings is 1. The van der Waals surface area contributed by atoms with Crippen LogP contribution in [0.4, 0.5) is 0 Å². The number of nitrogens with zero attached hydrogens (tertiary/aromatic N) is 1. The highest BCUT2D eigenvalue weighted by Gasteiger charge is 2.26. The Bertz CT molecular complexity index is 888. The van der Waals surface area contributed by atoms with Gasteiger partial charge in [-0.2, -0.15) is 0 Å². The number of hydrogen-bond acceptors (Lipinski definition) is 3. The van der Waals surface area contributed by atoms with E-state index in [0.29, 0.717) is 17.5 Å². The molecule has 1 aromatic carbocycles. The lowest BCUT2D eigenvalue weighted by Crippen LogP contribution is -2.31. The number of aromatic nitrogens is 2. The molecule has 7 heteroatoms. The molecular formula is C19H25N3O4. The highest BCUT2D eigenvalue weighted by Crippen LogP contribution is 2.30. The standard InChI is InChI=1S/C19H25N3O4/c1-19(2,17(24)25)9-10-20-16(23)12-7-8-15-14(11-12)21-18(26)22(15)13-5-3-4-6-13/h7-8,11,13H,3-6,9-10H2,1-2H3,(H,20,23)(H,21,26)(H,24,25). The molecule has 1 fully saturated rings. The highest BCUT2D eigenvalue weighted by atomic mass is 16.4. The Morgan fingerprint density at radius 3 is 2.65 bits per heavy atom. The summed E-state index contributed by atoms with van der Waals surface area (Å²) in [5.74, 6) is -1.17. The number of carbonyl (C=O) groups is 2. The van der Waals surface area contributed by atoms with Crippen LogP contribution in [0.2, 0.25) is 0 Å². The lowest BCUT2D eigenvalue weighted by molar-refractivity contribution is -0.147. The van der Waals surface area contributed by atoms with Crippen molar-refractivity contribution < 1.29 is 14.7 Å². The summed E-state index contributed by atoms with van der Waals surface area (Å²) in [7, 11) is 0. The molecule has 0 saturated heterocycles. The van der Waals surface area contributed by atoms with E-state index in [1.807, 2.05) is 6.07 Å². The number of carboxylic acid groups (broad SMARTS) is 1. The van der Waals surface area contributed by atoms with Gasteiger partial charge in [0.05, 0.1) is 16.4 Å². The third kappa shape index (κ3) is 3.52. The van der Waals surface area contributed by atoms with E-state index in [9.17, 15) is 14.4 Å². The van der Waals surface area contributed by atoms with Gasteiger partial charge < -0.3 is 15.4 Å². The average Bonchev–Trinajstić information content (AvgIpc) is 3.19. The fourth-order valence-corrected chi connectivity index (χ4v) is 3.49. The molecule has 0 unspecified atom stereocenters. The number of carboxylic acids is 1. The van der Waals surface area contributed by atoms with E-state index in [2.05, 4.69) is 10.3 Å². The molecule has 2 aromatic rings. The van der Waals surface area contributed by atoms with Crippen molar-refractivity contribution in [1.82, 2.24) is 14.9 Å². The Morgan fingerprint density at radius 1 is 1.31 bits per heavy atom. The SMILES string of the molecule is CC(C)(CCNC(=O)c1ccc2c(c1)[nH]c(=O)n2C1CCCC1)C(=O)O. The number of aromatic amines is 1. The van der Waals surface area contributed by atoms with E-state index in [1.165, 1.54) is 0 Å². The van der Waals surface area contributed by atoms with Crippen LogP contribution in [0.25, 0.3) is 11.0 Å². The summed E-state index contributed by atoms with van der Waals surface area (Å²) in [4.78, 5) is 38.6. The zero-order chi connectivity index (χ0) is 18.9. The first-order chi connectivity index (χ1) is 12.3. The molecule has 1 heterocycles. The molecule has 140 valence electrons. The third-order valence-electron chi connectivity index (χ3n) is 5.28. The normalized spacial score (nSPS) is 15.5. The molecule has 1 aromatic heterocycles. The second-order valence-electron chi connectivity index (χ2n) is 7.67. The van der Waals surface area contributed by atoms with Crippen LogP contribution in [0.5, 0.6) is 0 Å². The van der Waals surface area contributed by atoms with Crippen molar-refractivity contribution in [2.45, 2.75) is 52.0 Å². The summed E-state index contributed by atoms with van der Waals surface area (Å²) in [6, 6.07) is 5.43. The van der Waals surface area contributed by atoms with E-state index < -0.39 is 11.4 Å². The first kappa shape index (κ1) is 18.2. The average molecular weight is 359 g/mol. The Labute approximate surface area is 151 Å². The smallest absolute Gasteiger partial charge is 0.326 e. The fourth-order valence-electron chi connectivity index (χ4n) is 3.49. The minimum absolute atomic E-state index is 0.132. The second kappa shape index (κ2) is 6.97. The van der Waals surface area contributed by atoms with Crippen LogP contribution in [0.3, 0.4) is 0 Å². The predicted octanol–water partition coefficient (Wildman–Crippen LogP) is 2.68. The molecule has 26 heavy (non-hydrogen) atoms. The van der Waals surface area contributed by atoms with E-state index in [4.69, 9.17) is 5.11 Å². The van der Waals surface area contributed by atoms with Crippen molar-refractivity contribution in [3.05, 3.63) is 34.2 Å². The first-order valence-electron chi connectivity index (χ1n) is 9.05. The van der Waals surface area contributed by atoms with Crippen LogP contribution in [0.1, 0.15) is 62.4 Å². The number of hydrogen-bond donors (Lipinski definition) is 3. The summed E-state index contributed by atoms with van der Waals surface area (Å²) in [6.45, 7) is 3.53. The zero-order valence-electron chi connectivity index (χ0n) is 15.2. The Hall–Kier alpha value is -2.57. The summed E-state index contributed by atoms with van der Waals surface area (Å²) >= 11 is 0. The molecule has 1 aliphatic carbocycles. The number of imidazole rings is 1. The fraction of sp³-hybridized carbons (Fsp3) is 0.526. The molecular weight excluding hydrogens is 334 g/mol. The molecule has 7 nitrogen and oxygen atoms in total. The maximum absolute atomic E-state index is 12.3. The van der Waals surface area contributed by atoms with Gasteiger partial charge in [0.15, 0.2) is 0 Å². The summed E-state index contributed by atoms with van der Waals surface area (Å²) in [5, 5.41) is 11.9. The number of aliphatic carboxylic acids is 1. The number of nitrogens with one attached hydrogen (secondary N) is 2. The third-order valence-corrected chi connectivity index (χ3v) is 5.28. The van der Waals surface area contributed by atoms with Crippen molar-refractivity contribution in [3.8, 4) is 0 Å². The van der Waals surface area contributed by atoms with Crippen molar-refractivity contribution in [2.75, 3.05) is 6.54 Å². The van der Waals surface area contributed by atoms with Gasteiger partial charge in [-0.25, -0.2) is 4.79 Å². The molecule has 0 aliphatic heterocycles. The molecule has 3 rings (SSSR count). The summed E-state index contributed by atoms with van der Waals surface area (Å²) in [6.07, 6.45) is 4.63. The van der Waals surface area contributed by atoms with E-state index >= 15 is 0 Å². The Balaban J connectivity index is 1.74. The topological polar surface area (TPSA) is 104 Å². The molecule has 1 saturated carbocycles. The van der Waals surface area contributed by atoms with Gasteiger partial charge in [-0.1, -0.05) is 12.8 Å². The zero-order valence-corrected chi connectivity index (χ0v) is 15.2. The van der Waals surface area contributed by atoms with Gasteiger partial charge in [0.25, 0.3) is 5.91 Å². The lowest BCUT2D eigenvalue weighted by atomic mass is 9.90. The first-order valence-corrected chi connectivity index (χ1v) is 9.05. The van der Waals surface area contributed by atoms with Crippen molar-refractivity contribution in [2.24, 2.45) is 5.41 Å². The maximum atomic E-state index is 12.3. The largest absolute Gasteiger partial charge is 0.481 e.